The molecule has 12 heavy (non-hydrogen) atoms. The van der Waals surface area contributed by atoms with Crippen LogP contribution in [-0.2, 0) is 0 Å². The van der Waals surface area contributed by atoms with Gasteiger partial charge in [-0.05, 0) is 25.5 Å². The Morgan fingerprint density at radius 2 is 2.08 bits per heavy atom. The average molecular weight is 182 g/mol. The summed E-state index contributed by atoms with van der Waals surface area (Å²) in [6.07, 6.45) is 0. The van der Waals surface area contributed by atoms with E-state index >= 15 is 0 Å². The maximum Gasteiger partial charge on any atom is 0.179 e. The molecule has 0 aromatic carbocycles. The Labute approximate surface area is 74.8 Å². The van der Waals surface area contributed by atoms with Crippen molar-refractivity contribution in [2.24, 2.45) is 0 Å². The maximum atomic E-state index is 5.83. The molecule has 2 aromatic rings. The van der Waals surface area contributed by atoms with Crippen molar-refractivity contribution in [2.45, 2.75) is 13.8 Å². The number of hydrogen-bond donors (Lipinski definition) is 1. The summed E-state index contributed by atoms with van der Waals surface area (Å²) in [6, 6.07) is 1.95. The number of fused-ring (bicyclic) bond motifs is 1. The van der Waals surface area contributed by atoms with Crippen LogP contribution in [0, 0.1) is 13.8 Å². The molecule has 0 atom stereocenters. The van der Waals surface area contributed by atoms with Crippen LogP contribution in [0.3, 0.4) is 0 Å². The van der Waals surface area contributed by atoms with Gasteiger partial charge in [0.2, 0.25) is 0 Å². The Balaban J connectivity index is 2.83. The van der Waals surface area contributed by atoms with Crippen molar-refractivity contribution in [1.82, 2.24) is 15.0 Å². The third-order valence-corrected chi connectivity index (χ3v) is 2.10. The average Bonchev–Trinajstić information content (AvgIpc) is 2.30. The molecular formula is C8H8ClN3. The van der Waals surface area contributed by atoms with Gasteiger partial charge in [-0.25, -0.2) is 9.97 Å². The Bertz CT molecular complexity index is 394. The molecular weight excluding hydrogens is 174 g/mol. The van der Waals surface area contributed by atoms with Crippen LogP contribution in [0.15, 0.2) is 6.07 Å². The zero-order valence-electron chi connectivity index (χ0n) is 6.85. The van der Waals surface area contributed by atoms with Gasteiger partial charge in [-0.2, -0.15) is 0 Å². The largest absolute Gasteiger partial charge is 0.341 e. The van der Waals surface area contributed by atoms with E-state index in [9.17, 15) is 0 Å². The molecule has 0 saturated carbocycles. The first-order chi connectivity index (χ1) is 5.66. The van der Waals surface area contributed by atoms with Gasteiger partial charge in [0.25, 0.3) is 0 Å². The van der Waals surface area contributed by atoms with Gasteiger partial charge < -0.3 is 4.98 Å². The zero-order chi connectivity index (χ0) is 8.72. The summed E-state index contributed by atoms with van der Waals surface area (Å²) >= 11 is 5.83. The van der Waals surface area contributed by atoms with Crippen LogP contribution < -0.4 is 0 Å². The Kier molecular flexibility index (Phi) is 1.54. The van der Waals surface area contributed by atoms with E-state index in [1.165, 1.54) is 0 Å². The second-order valence-corrected chi connectivity index (χ2v) is 3.15. The molecule has 0 saturated heterocycles. The summed E-state index contributed by atoms with van der Waals surface area (Å²) in [5.41, 5.74) is 2.59. The van der Waals surface area contributed by atoms with Crippen molar-refractivity contribution in [3.63, 3.8) is 0 Å². The van der Waals surface area contributed by atoms with E-state index in [1.54, 1.807) is 0 Å². The molecule has 62 valence electrons. The topological polar surface area (TPSA) is 41.6 Å². The van der Waals surface area contributed by atoms with E-state index in [4.69, 9.17) is 11.6 Å². The van der Waals surface area contributed by atoms with Crippen LogP contribution in [0.1, 0.15) is 11.4 Å². The first-order valence-electron chi connectivity index (χ1n) is 3.66. The lowest BCUT2D eigenvalue weighted by Gasteiger charge is -1.94. The molecule has 1 N–H and O–H groups in total. The number of rotatable bonds is 0. The molecule has 0 aliphatic carbocycles. The van der Waals surface area contributed by atoms with Gasteiger partial charge in [0.15, 0.2) is 5.65 Å². The van der Waals surface area contributed by atoms with Crippen molar-refractivity contribution >= 4 is 22.8 Å². The predicted octanol–water partition coefficient (Wildman–Crippen LogP) is 2.23. The van der Waals surface area contributed by atoms with Crippen LogP contribution in [0.5, 0.6) is 0 Å². The highest BCUT2D eigenvalue weighted by molar-refractivity contribution is 6.30. The number of aryl methyl sites for hydroxylation is 2. The third-order valence-electron chi connectivity index (χ3n) is 1.72. The first kappa shape index (κ1) is 7.55. The molecule has 0 fully saturated rings. The van der Waals surface area contributed by atoms with Gasteiger partial charge in [0.1, 0.15) is 11.0 Å². The van der Waals surface area contributed by atoms with E-state index < -0.39 is 0 Å². The van der Waals surface area contributed by atoms with Crippen molar-refractivity contribution < 1.29 is 0 Å². The number of imidazole rings is 1. The smallest absolute Gasteiger partial charge is 0.179 e. The van der Waals surface area contributed by atoms with E-state index in [0.717, 1.165) is 16.9 Å². The van der Waals surface area contributed by atoms with Crippen LogP contribution in [0.2, 0.25) is 5.15 Å². The zero-order valence-corrected chi connectivity index (χ0v) is 7.61. The summed E-state index contributed by atoms with van der Waals surface area (Å²) in [4.78, 5) is 11.4. The minimum absolute atomic E-state index is 0.522. The molecule has 0 bridgehead atoms. The molecule has 0 amide bonds. The summed E-state index contributed by atoms with van der Waals surface area (Å²) < 4.78 is 0. The molecule has 0 aliphatic rings. The Hall–Kier alpha value is -1.09. The van der Waals surface area contributed by atoms with Crippen LogP contribution >= 0.6 is 11.6 Å². The van der Waals surface area contributed by atoms with Gasteiger partial charge in [-0.3, -0.25) is 0 Å². The fourth-order valence-electron chi connectivity index (χ4n) is 1.14. The number of pyridine rings is 1. The number of nitrogens with zero attached hydrogens (tertiary/aromatic N) is 2. The van der Waals surface area contributed by atoms with Gasteiger partial charge in [0, 0.05) is 0 Å². The number of aromatic nitrogens is 3. The molecule has 2 heterocycles. The van der Waals surface area contributed by atoms with E-state index in [1.807, 2.05) is 19.9 Å². The molecule has 4 heteroatoms. The molecule has 2 rings (SSSR count). The highest BCUT2D eigenvalue weighted by Gasteiger charge is 2.03. The van der Waals surface area contributed by atoms with Crippen LogP contribution in [0.4, 0.5) is 0 Å². The lowest BCUT2D eigenvalue weighted by atomic mass is 10.3. The van der Waals surface area contributed by atoms with Crippen molar-refractivity contribution in [3.8, 4) is 0 Å². The lowest BCUT2D eigenvalue weighted by molar-refractivity contribution is 1.16. The monoisotopic (exact) mass is 181 g/mol. The van der Waals surface area contributed by atoms with E-state index in [0.29, 0.717) is 10.8 Å². The normalized spacial score (nSPS) is 10.9. The minimum atomic E-state index is 0.522. The Morgan fingerprint density at radius 3 is 2.83 bits per heavy atom. The number of aromatic amines is 1. The summed E-state index contributed by atoms with van der Waals surface area (Å²) in [7, 11) is 0. The van der Waals surface area contributed by atoms with Crippen LogP contribution in [0.25, 0.3) is 11.2 Å². The predicted molar refractivity (Wildman–Crippen MR) is 48.4 cm³/mol. The maximum absolute atomic E-state index is 5.83. The SMILES string of the molecule is Cc1nc2nc(Cl)c(C)cc2[nH]1. The fourth-order valence-corrected chi connectivity index (χ4v) is 1.28. The molecule has 2 aromatic heterocycles. The molecule has 0 spiro atoms. The molecule has 0 radical (unpaired) electrons. The second kappa shape index (κ2) is 2.45. The summed E-state index contributed by atoms with van der Waals surface area (Å²) in [6.45, 7) is 3.82. The van der Waals surface area contributed by atoms with Crippen molar-refractivity contribution in [1.29, 1.82) is 0 Å². The van der Waals surface area contributed by atoms with Gasteiger partial charge in [-0.15, -0.1) is 0 Å². The minimum Gasteiger partial charge on any atom is -0.341 e. The molecule has 0 unspecified atom stereocenters. The first-order valence-corrected chi connectivity index (χ1v) is 4.04. The number of H-pyrrole nitrogens is 1. The highest BCUT2D eigenvalue weighted by Crippen LogP contribution is 2.17. The lowest BCUT2D eigenvalue weighted by Crippen LogP contribution is -1.82. The third kappa shape index (κ3) is 1.06. The van der Waals surface area contributed by atoms with Gasteiger partial charge in [-0.1, -0.05) is 11.6 Å². The van der Waals surface area contributed by atoms with Gasteiger partial charge in [0.05, 0.1) is 5.52 Å². The second-order valence-electron chi connectivity index (χ2n) is 2.79. The highest BCUT2D eigenvalue weighted by atomic mass is 35.5. The quantitative estimate of drug-likeness (QED) is 0.634. The summed E-state index contributed by atoms with van der Waals surface area (Å²) in [5, 5.41) is 0.522. The molecule has 0 aliphatic heterocycles. The van der Waals surface area contributed by atoms with E-state index in [2.05, 4.69) is 15.0 Å². The van der Waals surface area contributed by atoms with Gasteiger partial charge >= 0.3 is 0 Å². The summed E-state index contributed by atoms with van der Waals surface area (Å²) in [5.74, 6) is 0.860. The Morgan fingerprint density at radius 1 is 1.33 bits per heavy atom. The number of halogens is 1. The van der Waals surface area contributed by atoms with Crippen molar-refractivity contribution in [2.75, 3.05) is 0 Å². The van der Waals surface area contributed by atoms with Crippen molar-refractivity contribution in [3.05, 3.63) is 22.6 Å². The standard InChI is InChI=1S/C8H8ClN3/c1-4-3-6-8(12-7(4)9)11-5(2)10-6/h3H,1-2H3,(H,10,11,12). The number of hydrogen-bond acceptors (Lipinski definition) is 2. The number of nitrogens with one attached hydrogen (secondary N) is 1. The fraction of sp³-hybridized carbons (Fsp3) is 0.250. The van der Waals surface area contributed by atoms with E-state index in [-0.39, 0.29) is 0 Å². The van der Waals surface area contributed by atoms with Crippen LogP contribution in [-0.4, -0.2) is 15.0 Å². The molecule has 3 nitrogen and oxygen atoms in total.